The molecule has 2 aromatic carbocycles. The maximum atomic E-state index is 14.0. The number of alkyl halides is 2. The second-order valence-electron chi connectivity index (χ2n) is 10.4. The summed E-state index contributed by atoms with van der Waals surface area (Å²) >= 11 is 1.29. The molecule has 2 N–H and O–H groups in total. The maximum absolute atomic E-state index is 14.0. The fraction of sp³-hybridized carbons (Fsp3) is 0.581. The molecule has 0 amide bonds. The van der Waals surface area contributed by atoms with Crippen molar-refractivity contribution in [3.8, 4) is 0 Å². The molecule has 0 radical (unpaired) electrons. The summed E-state index contributed by atoms with van der Waals surface area (Å²) in [5.74, 6) is -2.86. The topological polar surface area (TPSA) is 24.1 Å². The Morgan fingerprint density at radius 1 is 1.03 bits per heavy atom. The number of benzene rings is 2. The molecule has 0 aliphatic heterocycles. The van der Waals surface area contributed by atoms with Gasteiger partial charge < -0.3 is 0 Å². The number of hydrogen-bond acceptors (Lipinski definition) is 2. The van der Waals surface area contributed by atoms with E-state index in [4.69, 9.17) is 0 Å². The first kappa shape index (κ1) is 35.5. The molecular weight excluding hydrogens is 684 g/mol. The van der Waals surface area contributed by atoms with Crippen molar-refractivity contribution in [2.75, 3.05) is 12.4 Å². The van der Waals surface area contributed by atoms with Crippen molar-refractivity contribution in [2.24, 2.45) is 5.41 Å². The quantitative estimate of drug-likeness (QED) is 0.190. The summed E-state index contributed by atoms with van der Waals surface area (Å²) in [5.41, 5.74) is 4.10. The van der Waals surface area contributed by atoms with Crippen LogP contribution in [0.25, 0.3) is 0 Å². The van der Waals surface area contributed by atoms with Gasteiger partial charge in [0.1, 0.15) is 0 Å². The van der Waals surface area contributed by atoms with Crippen molar-refractivity contribution in [3.05, 3.63) is 52.6 Å². The van der Waals surface area contributed by atoms with E-state index in [1.807, 2.05) is 20.8 Å². The van der Waals surface area contributed by atoms with Crippen molar-refractivity contribution in [1.82, 2.24) is 5.32 Å². The van der Waals surface area contributed by atoms with Gasteiger partial charge in [0.15, 0.2) is 0 Å². The summed E-state index contributed by atoms with van der Waals surface area (Å²) in [6.07, 6.45) is 9.14. The molecular formula is C31H50F2N2P2W. The Balaban J connectivity index is 0.000000795. The Kier molecular flexibility index (Phi) is 15.6. The van der Waals surface area contributed by atoms with E-state index >= 15 is 0 Å². The minimum atomic E-state index is -2.86. The van der Waals surface area contributed by atoms with E-state index in [-0.39, 0.29) is 17.0 Å². The standard InChI is InChI=1S/C23H30F2N2P2.C6H14.C2H6.W/c1-14-8-16(23(3,24)25)11-20(26-4)19(14)13-27-21(22(2)6-5-7-22)15-9-17(28)12-18(29)10-15;1-3-5-6-4-2;1-2;/h8-12,21,26-27H,5-7,28-29H2,1-4H3;3-6H2,1-2H3;1-2H3;. The van der Waals surface area contributed by atoms with E-state index in [2.05, 4.69) is 68.1 Å². The van der Waals surface area contributed by atoms with Crippen molar-refractivity contribution in [1.29, 1.82) is 0 Å². The Hall–Kier alpha value is -0.522. The average Bonchev–Trinajstić information content (AvgIpc) is 2.84. The summed E-state index contributed by atoms with van der Waals surface area (Å²) in [6.45, 7) is 13.7. The first-order chi connectivity index (χ1) is 17.9. The zero-order valence-electron chi connectivity index (χ0n) is 24.7. The minimum absolute atomic E-state index is 0.0433. The van der Waals surface area contributed by atoms with Gasteiger partial charge in [-0.05, 0) is 0 Å². The van der Waals surface area contributed by atoms with E-state index in [1.54, 1.807) is 19.2 Å². The van der Waals surface area contributed by atoms with E-state index in [0.29, 0.717) is 0 Å². The van der Waals surface area contributed by atoms with Crippen LogP contribution in [0.15, 0.2) is 30.3 Å². The Morgan fingerprint density at radius 3 is 1.95 bits per heavy atom. The van der Waals surface area contributed by atoms with E-state index in [9.17, 15) is 8.78 Å². The van der Waals surface area contributed by atoms with Crippen LogP contribution in [0.4, 0.5) is 14.5 Å². The van der Waals surface area contributed by atoms with Gasteiger partial charge in [0.2, 0.25) is 0 Å². The molecule has 2 nitrogen and oxygen atoms in total. The van der Waals surface area contributed by atoms with Crippen LogP contribution in [0.2, 0.25) is 0 Å². The van der Waals surface area contributed by atoms with Crippen molar-refractivity contribution >= 4 is 38.8 Å². The number of aryl methyl sites for hydroxylation is 1. The van der Waals surface area contributed by atoms with Gasteiger partial charge in [0.25, 0.3) is 0 Å². The Morgan fingerprint density at radius 2 is 1.55 bits per heavy atom. The zero-order valence-corrected chi connectivity index (χ0v) is 30.0. The second kappa shape index (κ2) is 16.7. The van der Waals surface area contributed by atoms with Crippen LogP contribution in [0, 0.1) is 12.3 Å². The van der Waals surface area contributed by atoms with Gasteiger partial charge in [-0.2, -0.15) is 0 Å². The van der Waals surface area contributed by atoms with Gasteiger partial charge >= 0.3 is 195 Å². The van der Waals surface area contributed by atoms with Crippen LogP contribution < -0.4 is 21.2 Å². The fourth-order valence-corrected chi connectivity index (χ4v) is 7.15. The molecule has 1 saturated carbocycles. The zero-order chi connectivity index (χ0) is 29.1. The van der Waals surface area contributed by atoms with Gasteiger partial charge in [-0.25, -0.2) is 0 Å². The third-order valence-electron chi connectivity index (χ3n) is 7.10. The molecule has 1 fully saturated rings. The third-order valence-corrected chi connectivity index (χ3v) is 8.92. The van der Waals surface area contributed by atoms with Crippen molar-refractivity contribution in [2.45, 2.75) is 105 Å². The monoisotopic (exact) mass is 734 g/mol. The molecule has 0 heterocycles. The third kappa shape index (κ3) is 10.1. The number of rotatable bonds is 10. The van der Waals surface area contributed by atoms with Gasteiger partial charge in [-0.15, -0.1) is 0 Å². The number of halogens is 2. The van der Waals surface area contributed by atoms with Crippen LogP contribution in [0.3, 0.4) is 0 Å². The molecule has 7 heteroatoms. The molecule has 38 heavy (non-hydrogen) atoms. The number of unbranched alkanes of at least 4 members (excludes halogenated alkanes) is 3. The molecule has 3 rings (SSSR count). The van der Waals surface area contributed by atoms with Gasteiger partial charge in [-0.3, -0.25) is 0 Å². The SMILES string of the molecule is CC.CCCCCC.CNc1cc(C(C)(F)F)cc(C)c1[C](=[W])NC(c1cc(P)cc(P)c1)C1(C)CCC1. The van der Waals surface area contributed by atoms with E-state index < -0.39 is 5.92 Å². The van der Waals surface area contributed by atoms with Crippen molar-refractivity contribution < 1.29 is 28.1 Å². The first-order valence-electron chi connectivity index (χ1n) is 14.0. The van der Waals surface area contributed by atoms with Gasteiger partial charge in [-0.1, -0.05) is 53.4 Å². The molecule has 1 aliphatic carbocycles. The summed E-state index contributed by atoms with van der Waals surface area (Å²) in [4.78, 5) is 0. The molecule has 3 atom stereocenters. The van der Waals surface area contributed by atoms with Crippen LogP contribution in [0.5, 0.6) is 0 Å². The van der Waals surface area contributed by atoms with Crippen molar-refractivity contribution in [3.63, 3.8) is 0 Å². The molecule has 0 saturated heterocycles. The molecule has 1 aliphatic rings. The molecule has 3 unspecified atom stereocenters. The van der Waals surface area contributed by atoms with Crippen LogP contribution in [-0.4, -0.2) is 11.1 Å². The van der Waals surface area contributed by atoms with Crippen LogP contribution in [0.1, 0.15) is 115 Å². The predicted octanol–water partition coefficient (Wildman–Crippen LogP) is 8.31. The van der Waals surface area contributed by atoms with Crippen LogP contribution in [-0.2, 0) is 25.3 Å². The summed E-state index contributed by atoms with van der Waals surface area (Å²) in [5, 5.41) is 9.30. The summed E-state index contributed by atoms with van der Waals surface area (Å²) in [6, 6.07) is 9.97. The Labute approximate surface area is 247 Å². The van der Waals surface area contributed by atoms with E-state index in [0.717, 1.165) is 27.8 Å². The average molecular weight is 735 g/mol. The molecule has 2 aromatic rings. The fourth-order valence-electron chi connectivity index (χ4n) is 4.79. The summed E-state index contributed by atoms with van der Waals surface area (Å²) < 4.78 is 29.0. The first-order valence-corrected chi connectivity index (χ1v) is 16.7. The second-order valence-corrected chi connectivity index (χ2v) is 13.2. The summed E-state index contributed by atoms with van der Waals surface area (Å²) in [7, 11) is 7.39. The number of anilines is 1. The van der Waals surface area contributed by atoms with Gasteiger partial charge in [0.05, 0.1) is 0 Å². The van der Waals surface area contributed by atoms with Crippen LogP contribution >= 0.6 is 18.5 Å². The Bertz CT molecular complexity index is 1010. The van der Waals surface area contributed by atoms with E-state index in [1.165, 1.54) is 80.5 Å². The molecule has 0 aromatic heterocycles. The molecule has 214 valence electrons. The predicted molar refractivity (Wildman–Crippen MR) is 169 cm³/mol. The number of nitrogens with one attached hydrogen (secondary N) is 2. The van der Waals surface area contributed by atoms with Gasteiger partial charge in [0, 0.05) is 0 Å². The normalized spacial score (nSPS) is 14.7. The number of hydrogen-bond donors (Lipinski definition) is 2. The molecule has 0 bridgehead atoms. The molecule has 0 spiro atoms.